The Kier molecular flexibility index (Phi) is 6.60. The van der Waals surface area contributed by atoms with Crippen LogP contribution >= 0.6 is 11.6 Å². The van der Waals surface area contributed by atoms with E-state index in [4.69, 9.17) is 25.8 Å². The topological polar surface area (TPSA) is 85.9 Å². The molecule has 0 saturated heterocycles. The van der Waals surface area contributed by atoms with Crippen LogP contribution in [-0.2, 0) is 16.1 Å². The van der Waals surface area contributed by atoms with Crippen molar-refractivity contribution in [3.05, 3.63) is 58.6 Å². The summed E-state index contributed by atoms with van der Waals surface area (Å²) in [4.78, 5) is 24.1. The fourth-order valence-corrected chi connectivity index (χ4v) is 3.10. The van der Waals surface area contributed by atoms with E-state index in [9.17, 15) is 9.59 Å². The Morgan fingerprint density at radius 1 is 1.14 bits per heavy atom. The van der Waals surface area contributed by atoms with Gasteiger partial charge < -0.3 is 24.8 Å². The highest BCUT2D eigenvalue weighted by atomic mass is 35.5. The molecular weight excluding hydrogens is 384 g/mol. The normalized spacial score (nSPS) is 13.4. The molecule has 0 bridgehead atoms. The van der Waals surface area contributed by atoms with E-state index in [1.165, 1.54) is 7.11 Å². The molecular formula is C20H21ClN2O5. The largest absolute Gasteiger partial charge is 0.486 e. The summed E-state index contributed by atoms with van der Waals surface area (Å²) in [6, 6.07) is 11.5. The van der Waals surface area contributed by atoms with Crippen molar-refractivity contribution in [1.82, 2.24) is 10.6 Å². The lowest BCUT2D eigenvalue weighted by Crippen LogP contribution is -2.38. The van der Waals surface area contributed by atoms with Gasteiger partial charge >= 0.3 is 12.0 Å². The molecule has 1 aliphatic heterocycles. The quantitative estimate of drug-likeness (QED) is 0.722. The van der Waals surface area contributed by atoms with Gasteiger partial charge in [0.1, 0.15) is 13.2 Å². The third kappa shape index (κ3) is 5.07. The Morgan fingerprint density at radius 3 is 2.64 bits per heavy atom. The van der Waals surface area contributed by atoms with Crippen LogP contribution in [0.3, 0.4) is 0 Å². The molecule has 0 aromatic heterocycles. The van der Waals surface area contributed by atoms with Crippen LogP contribution < -0.4 is 20.1 Å². The monoisotopic (exact) mass is 404 g/mol. The highest BCUT2D eigenvalue weighted by Gasteiger charge is 2.21. The van der Waals surface area contributed by atoms with E-state index in [-0.39, 0.29) is 13.0 Å². The smallest absolute Gasteiger partial charge is 0.315 e. The van der Waals surface area contributed by atoms with Crippen LogP contribution in [0.15, 0.2) is 42.5 Å². The number of hydrogen-bond donors (Lipinski definition) is 2. The van der Waals surface area contributed by atoms with Gasteiger partial charge in [-0.25, -0.2) is 4.79 Å². The average molecular weight is 405 g/mol. The van der Waals surface area contributed by atoms with E-state index < -0.39 is 18.0 Å². The van der Waals surface area contributed by atoms with E-state index in [1.807, 2.05) is 18.2 Å². The lowest BCUT2D eigenvalue weighted by atomic mass is 10.0. The summed E-state index contributed by atoms with van der Waals surface area (Å²) in [5.74, 6) is 0.902. The number of halogens is 1. The molecule has 1 aliphatic rings. The number of fused-ring (bicyclic) bond motifs is 1. The number of nitrogens with one attached hydrogen (secondary N) is 2. The van der Waals surface area contributed by atoms with Gasteiger partial charge in [0.15, 0.2) is 11.5 Å². The number of hydrogen-bond acceptors (Lipinski definition) is 5. The minimum atomic E-state index is -0.610. The summed E-state index contributed by atoms with van der Waals surface area (Å²) in [6.45, 7) is 1.31. The van der Waals surface area contributed by atoms with E-state index in [1.54, 1.807) is 24.3 Å². The summed E-state index contributed by atoms with van der Waals surface area (Å²) in [7, 11) is 1.30. The fraction of sp³-hybridized carbons (Fsp3) is 0.300. The van der Waals surface area contributed by atoms with Crippen molar-refractivity contribution in [3.8, 4) is 11.5 Å². The van der Waals surface area contributed by atoms with Crippen LogP contribution in [0.2, 0.25) is 5.02 Å². The number of carbonyl (C=O) groups excluding carboxylic acids is 2. The molecule has 0 saturated carbocycles. The van der Waals surface area contributed by atoms with Crippen LogP contribution in [0.1, 0.15) is 23.6 Å². The Bertz CT molecular complexity index is 858. The zero-order valence-corrected chi connectivity index (χ0v) is 16.1. The molecule has 1 heterocycles. The number of methoxy groups -OCH3 is 1. The number of amides is 2. The zero-order chi connectivity index (χ0) is 19.9. The maximum Gasteiger partial charge on any atom is 0.315 e. The first-order valence-corrected chi connectivity index (χ1v) is 9.18. The number of esters is 1. The predicted octanol–water partition coefficient (Wildman–Crippen LogP) is 3.21. The SMILES string of the molecule is COC(=O)CC(NC(=O)NCc1ccc2c(c1)OCCO2)c1ccccc1Cl. The highest BCUT2D eigenvalue weighted by molar-refractivity contribution is 6.31. The molecule has 0 fully saturated rings. The average Bonchev–Trinajstić information content (AvgIpc) is 2.72. The number of ether oxygens (including phenoxy) is 3. The van der Waals surface area contributed by atoms with Gasteiger partial charge in [0.25, 0.3) is 0 Å². The summed E-state index contributed by atoms with van der Waals surface area (Å²) >= 11 is 6.22. The second kappa shape index (κ2) is 9.32. The summed E-state index contributed by atoms with van der Waals surface area (Å²) in [6.07, 6.45) is -0.0301. The van der Waals surface area contributed by atoms with Gasteiger partial charge in [0, 0.05) is 11.6 Å². The summed E-state index contributed by atoms with van der Waals surface area (Å²) in [5.41, 5.74) is 1.51. The molecule has 1 unspecified atom stereocenters. The first-order valence-electron chi connectivity index (χ1n) is 8.81. The molecule has 1 atom stereocenters. The molecule has 8 heteroatoms. The molecule has 2 aromatic carbocycles. The minimum absolute atomic E-state index is 0.0301. The molecule has 2 N–H and O–H groups in total. The lowest BCUT2D eigenvalue weighted by molar-refractivity contribution is -0.141. The molecule has 2 amide bonds. The van der Waals surface area contributed by atoms with Crippen molar-refractivity contribution in [3.63, 3.8) is 0 Å². The third-order valence-electron chi connectivity index (χ3n) is 4.24. The van der Waals surface area contributed by atoms with Crippen LogP contribution in [-0.4, -0.2) is 32.3 Å². The number of carbonyl (C=O) groups is 2. The standard InChI is InChI=1S/C20H21ClN2O5/c1-26-19(24)11-16(14-4-2-3-5-15(14)21)23-20(25)22-12-13-6-7-17-18(10-13)28-9-8-27-17/h2-7,10,16H,8-9,11-12H2,1H3,(H2,22,23,25). The van der Waals surface area contributed by atoms with Crippen molar-refractivity contribution in [1.29, 1.82) is 0 Å². The van der Waals surface area contributed by atoms with Gasteiger partial charge in [-0.1, -0.05) is 35.9 Å². The summed E-state index contributed by atoms with van der Waals surface area (Å²) < 4.78 is 15.8. The molecule has 148 valence electrons. The molecule has 0 aliphatic carbocycles. The first kappa shape index (κ1) is 19.8. The van der Waals surface area contributed by atoms with Gasteiger partial charge in [0.2, 0.25) is 0 Å². The Labute approximate surface area is 167 Å². The van der Waals surface area contributed by atoms with Crippen LogP contribution in [0.25, 0.3) is 0 Å². The third-order valence-corrected chi connectivity index (χ3v) is 4.59. The maximum absolute atomic E-state index is 12.4. The minimum Gasteiger partial charge on any atom is -0.486 e. The van der Waals surface area contributed by atoms with Crippen molar-refractivity contribution in [2.75, 3.05) is 20.3 Å². The second-order valence-electron chi connectivity index (χ2n) is 6.16. The van der Waals surface area contributed by atoms with Gasteiger partial charge in [0.05, 0.1) is 19.6 Å². The highest BCUT2D eigenvalue weighted by Crippen LogP contribution is 2.30. The molecule has 7 nitrogen and oxygen atoms in total. The Balaban J connectivity index is 1.63. The Morgan fingerprint density at radius 2 is 1.89 bits per heavy atom. The van der Waals surface area contributed by atoms with E-state index in [2.05, 4.69) is 10.6 Å². The van der Waals surface area contributed by atoms with E-state index >= 15 is 0 Å². The fourth-order valence-electron chi connectivity index (χ4n) is 2.84. The lowest BCUT2D eigenvalue weighted by Gasteiger charge is -2.20. The first-order chi connectivity index (χ1) is 13.6. The van der Waals surface area contributed by atoms with Crippen LogP contribution in [0, 0.1) is 0 Å². The zero-order valence-electron chi connectivity index (χ0n) is 15.4. The van der Waals surface area contributed by atoms with Gasteiger partial charge in [-0.2, -0.15) is 0 Å². The van der Waals surface area contributed by atoms with Crippen molar-refractivity contribution < 1.29 is 23.8 Å². The van der Waals surface area contributed by atoms with Gasteiger partial charge in [-0.05, 0) is 29.3 Å². The predicted molar refractivity (Wildman–Crippen MR) is 104 cm³/mol. The van der Waals surface area contributed by atoms with E-state index in [0.29, 0.717) is 35.3 Å². The number of urea groups is 1. The maximum atomic E-state index is 12.4. The second-order valence-corrected chi connectivity index (χ2v) is 6.57. The van der Waals surface area contributed by atoms with Crippen LogP contribution in [0.4, 0.5) is 4.79 Å². The summed E-state index contributed by atoms with van der Waals surface area (Å²) in [5, 5.41) is 6.02. The van der Waals surface area contributed by atoms with E-state index in [0.717, 1.165) is 5.56 Å². The van der Waals surface area contributed by atoms with Crippen molar-refractivity contribution in [2.24, 2.45) is 0 Å². The molecule has 0 radical (unpaired) electrons. The molecule has 2 aromatic rings. The van der Waals surface area contributed by atoms with Crippen molar-refractivity contribution in [2.45, 2.75) is 19.0 Å². The number of rotatable bonds is 6. The molecule has 28 heavy (non-hydrogen) atoms. The molecule has 3 rings (SSSR count). The van der Waals surface area contributed by atoms with Crippen LogP contribution in [0.5, 0.6) is 11.5 Å². The van der Waals surface area contributed by atoms with Crippen molar-refractivity contribution >= 4 is 23.6 Å². The molecule has 0 spiro atoms. The van der Waals surface area contributed by atoms with Gasteiger partial charge in [-0.3, -0.25) is 4.79 Å². The number of benzene rings is 2. The van der Waals surface area contributed by atoms with Gasteiger partial charge in [-0.15, -0.1) is 0 Å². The Hall–Kier alpha value is -2.93.